The van der Waals surface area contributed by atoms with E-state index < -0.39 is 22.4 Å². The van der Waals surface area contributed by atoms with Crippen molar-refractivity contribution in [3.8, 4) is 0 Å². The van der Waals surface area contributed by atoms with Gasteiger partial charge in [-0.25, -0.2) is 0 Å². The first-order chi connectivity index (χ1) is 13.0. The second kappa shape index (κ2) is 7.46. The van der Waals surface area contributed by atoms with Gasteiger partial charge in [0.25, 0.3) is 0 Å². The number of benzene rings is 1. The van der Waals surface area contributed by atoms with Gasteiger partial charge in [-0.05, 0) is 24.8 Å². The van der Waals surface area contributed by atoms with Crippen LogP contribution < -0.4 is 4.81 Å². The third kappa shape index (κ3) is 4.06. The van der Waals surface area contributed by atoms with Gasteiger partial charge in [0.2, 0.25) is 11.3 Å². The first-order valence-electron chi connectivity index (χ1n) is 9.30. The summed E-state index contributed by atoms with van der Waals surface area (Å²) in [6.07, 6.45) is -0.440. The van der Waals surface area contributed by atoms with Crippen molar-refractivity contribution in [2.45, 2.75) is 63.3 Å². The minimum atomic E-state index is -5.27. The Morgan fingerprint density at radius 3 is 2.32 bits per heavy atom. The van der Waals surface area contributed by atoms with Gasteiger partial charge < -0.3 is 9.53 Å². The van der Waals surface area contributed by atoms with E-state index >= 15 is 0 Å². The molecule has 9 heteroatoms. The molecule has 1 heterocycles. The lowest BCUT2D eigenvalue weighted by atomic mass is 9.76. The highest BCUT2D eigenvalue weighted by atomic mass is 19.4. The van der Waals surface area contributed by atoms with Crippen LogP contribution in [0, 0.1) is 5.92 Å². The van der Waals surface area contributed by atoms with Crippen LogP contribution in [-0.4, -0.2) is 38.9 Å². The number of ether oxygens (including phenoxy) is 1. The summed E-state index contributed by atoms with van der Waals surface area (Å²) in [5, 5.41) is 18.5. The van der Waals surface area contributed by atoms with E-state index in [1.807, 2.05) is 0 Å². The normalized spacial score (nSPS) is 24.5. The fourth-order valence-electron chi connectivity index (χ4n) is 4.27. The lowest BCUT2D eigenvalue weighted by Crippen LogP contribution is -2.54. The molecule has 0 amide bonds. The van der Waals surface area contributed by atoms with Crippen LogP contribution in [0.4, 0.5) is 18.9 Å². The van der Waals surface area contributed by atoms with E-state index in [9.17, 15) is 33.2 Å². The van der Waals surface area contributed by atoms with Crippen molar-refractivity contribution in [3.05, 3.63) is 29.8 Å². The minimum Gasteiger partial charge on any atom is -0.339 e. The van der Waals surface area contributed by atoms with Crippen LogP contribution in [0.1, 0.15) is 50.5 Å². The van der Waals surface area contributed by atoms with E-state index in [0.29, 0.717) is 18.4 Å². The van der Waals surface area contributed by atoms with E-state index in [2.05, 4.69) is 0 Å². The number of cyclic esters (lactones) is 1. The number of carbonyl (C=O) groups excluding carboxylic acids is 2. The van der Waals surface area contributed by atoms with Crippen molar-refractivity contribution in [1.82, 2.24) is 4.81 Å². The average Bonchev–Trinajstić information content (AvgIpc) is 3.14. The number of quaternary nitrogens is 1. The second-order valence-electron chi connectivity index (χ2n) is 7.67. The quantitative estimate of drug-likeness (QED) is 0.194. The van der Waals surface area contributed by atoms with Crippen molar-refractivity contribution >= 4 is 17.4 Å². The third-order valence-corrected chi connectivity index (χ3v) is 5.75. The zero-order chi connectivity index (χ0) is 20.6. The van der Waals surface area contributed by atoms with Crippen molar-refractivity contribution in [1.29, 1.82) is 0 Å². The maximum Gasteiger partial charge on any atom is 0.630 e. The number of aryl methyl sites for hydroxylation is 1. The molecule has 28 heavy (non-hydrogen) atoms. The summed E-state index contributed by atoms with van der Waals surface area (Å²) in [5.74, 6) is -0.215. The molecular formula is C19H24F3NO5+2. The molecule has 3 rings (SSSR count). The van der Waals surface area contributed by atoms with Gasteiger partial charge in [-0.1, -0.05) is 25.0 Å². The molecule has 0 spiro atoms. The van der Waals surface area contributed by atoms with Gasteiger partial charge >= 0.3 is 12.3 Å². The predicted molar refractivity (Wildman–Crippen MR) is 93.1 cm³/mol. The molecule has 2 aliphatic rings. The fraction of sp³-hybridized carbons (Fsp3) is 0.579. The number of alkyl halides is 3. The van der Waals surface area contributed by atoms with E-state index in [1.165, 1.54) is 12.1 Å². The lowest BCUT2D eigenvalue weighted by Gasteiger charge is -2.34. The van der Waals surface area contributed by atoms with Crippen LogP contribution in [0.5, 0.6) is 0 Å². The number of ketones is 1. The number of esters is 1. The predicted octanol–water partition coefficient (Wildman–Crippen LogP) is 4.04. The number of Topliss-reactive ketones (excluding diaryl/α,β-unsaturated/α-hetero) is 1. The average molecular weight is 403 g/mol. The summed E-state index contributed by atoms with van der Waals surface area (Å²) in [7, 11) is 0. The number of hydrogen-bond donors (Lipinski definition) is 2. The number of hydrogen-bond acceptors (Lipinski definition) is 4. The third-order valence-electron chi connectivity index (χ3n) is 5.75. The van der Waals surface area contributed by atoms with Crippen molar-refractivity contribution < 1.29 is 37.9 Å². The molecule has 2 fully saturated rings. The SMILES string of the molecule is O=C1CC(=[OH+])OC(CCc2ccc([N+](O)(O)C(F)(F)F)cc2)(C2CCCC2)C1. The number of hydroxylamine groups is 2. The molecule has 0 aromatic heterocycles. The van der Waals surface area contributed by atoms with Gasteiger partial charge in [0, 0.05) is 24.5 Å². The molecule has 1 aliphatic heterocycles. The van der Waals surface area contributed by atoms with Gasteiger partial charge in [-0.2, -0.15) is 10.4 Å². The highest BCUT2D eigenvalue weighted by Gasteiger charge is 2.58. The molecule has 1 saturated carbocycles. The van der Waals surface area contributed by atoms with Crippen LogP contribution in [-0.2, 0) is 16.0 Å². The summed E-state index contributed by atoms with van der Waals surface area (Å²) in [6.45, 7) is 0. The van der Waals surface area contributed by atoms with E-state index in [4.69, 9.17) is 4.74 Å². The molecule has 1 saturated heterocycles. The number of rotatable bonds is 5. The molecule has 1 aromatic rings. The Kier molecular flexibility index (Phi) is 5.53. The summed E-state index contributed by atoms with van der Waals surface area (Å²) >= 11 is 0. The Balaban J connectivity index is 1.75. The number of nitrogens with zero attached hydrogens (tertiary/aromatic N) is 1. The molecule has 1 aromatic carbocycles. The van der Waals surface area contributed by atoms with Gasteiger partial charge in [0.1, 0.15) is 0 Å². The molecule has 3 N–H and O–H groups in total. The van der Waals surface area contributed by atoms with E-state index in [-0.39, 0.29) is 30.5 Å². The first kappa shape index (κ1) is 20.8. The molecule has 0 bridgehead atoms. The maximum atomic E-state index is 12.7. The highest BCUT2D eigenvalue weighted by Crippen LogP contribution is 2.44. The zero-order valence-corrected chi connectivity index (χ0v) is 15.3. The van der Waals surface area contributed by atoms with Crippen LogP contribution in [0.2, 0.25) is 0 Å². The van der Waals surface area contributed by atoms with Gasteiger partial charge in [0.15, 0.2) is 12.2 Å². The van der Waals surface area contributed by atoms with Crippen molar-refractivity contribution in [2.24, 2.45) is 5.92 Å². The Labute approximate surface area is 160 Å². The van der Waals surface area contributed by atoms with E-state index in [0.717, 1.165) is 37.8 Å². The summed E-state index contributed by atoms with van der Waals surface area (Å²) < 4.78 is 43.9. The van der Waals surface area contributed by atoms with Gasteiger partial charge in [-0.15, -0.1) is 13.2 Å². The molecule has 154 valence electrons. The Hall–Kier alpha value is -1.97. The Bertz CT molecular complexity index is 723. The zero-order valence-electron chi connectivity index (χ0n) is 15.3. The maximum absolute atomic E-state index is 12.7. The molecule has 0 radical (unpaired) electrons. The number of halogens is 3. The molecular weight excluding hydrogens is 379 g/mol. The summed E-state index contributed by atoms with van der Waals surface area (Å²) in [4.78, 5) is 18.8. The lowest BCUT2D eigenvalue weighted by molar-refractivity contribution is -0.455. The Morgan fingerprint density at radius 1 is 1.18 bits per heavy atom. The highest BCUT2D eigenvalue weighted by molar-refractivity contribution is 5.98. The second-order valence-corrected chi connectivity index (χ2v) is 7.67. The fourth-order valence-corrected chi connectivity index (χ4v) is 4.27. The van der Waals surface area contributed by atoms with Crippen LogP contribution >= 0.6 is 0 Å². The Morgan fingerprint density at radius 2 is 1.79 bits per heavy atom. The van der Waals surface area contributed by atoms with Crippen molar-refractivity contribution in [3.63, 3.8) is 0 Å². The summed E-state index contributed by atoms with van der Waals surface area (Å²) in [6, 6.07) is 4.78. The molecule has 1 unspecified atom stereocenters. The number of carbonyl (C=O) groups is 1. The van der Waals surface area contributed by atoms with Gasteiger partial charge in [-0.3, -0.25) is 4.79 Å². The van der Waals surface area contributed by atoms with Crippen LogP contribution in [0.3, 0.4) is 0 Å². The minimum absolute atomic E-state index is 0.0844. The smallest absolute Gasteiger partial charge is 0.339 e. The topological polar surface area (TPSA) is 88.2 Å². The first-order valence-corrected chi connectivity index (χ1v) is 9.30. The van der Waals surface area contributed by atoms with Crippen LogP contribution in [0.25, 0.3) is 0 Å². The van der Waals surface area contributed by atoms with Crippen molar-refractivity contribution in [2.75, 3.05) is 0 Å². The monoisotopic (exact) mass is 403 g/mol. The largest absolute Gasteiger partial charge is 0.630 e. The molecule has 6 nitrogen and oxygen atoms in total. The standard InChI is InChI=1S/C19H23F3NO5/c20-19(21,22)23(26,27)15-7-5-13(6-8-15)9-10-18(14-3-1-2-4-14)12-16(24)11-17(25)28-18/h5-8,14,26-27H,1-4,9-12H2/q+1/p+1. The van der Waals surface area contributed by atoms with E-state index in [1.54, 1.807) is 0 Å². The van der Waals surface area contributed by atoms with Gasteiger partial charge in [0.05, 0.1) is 11.2 Å². The summed E-state index contributed by atoms with van der Waals surface area (Å²) in [5.41, 5.74) is -0.852. The molecule has 1 aliphatic carbocycles. The molecule has 1 atom stereocenters. The van der Waals surface area contributed by atoms with Crippen LogP contribution in [0.15, 0.2) is 24.3 Å².